The highest BCUT2D eigenvalue weighted by Crippen LogP contribution is 2.31. The van der Waals surface area contributed by atoms with Gasteiger partial charge in [-0.05, 0) is 55.3 Å². The molecular weight excluding hydrogens is 388 g/mol. The summed E-state index contributed by atoms with van der Waals surface area (Å²) in [4.78, 5) is 12.9. The number of amides is 1. The summed E-state index contributed by atoms with van der Waals surface area (Å²) >= 11 is 0. The molecule has 1 aliphatic heterocycles. The Morgan fingerprint density at radius 3 is 2.39 bits per heavy atom. The van der Waals surface area contributed by atoms with Gasteiger partial charge in [-0.15, -0.1) is 0 Å². The van der Waals surface area contributed by atoms with E-state index >= 15 is 0 Å². The van der Waals surface area contributed by atoms with Gasteiger partial charge >= 0.3 is 0 Å². The van der Waals surface area contributed by atoms with Gasteiger partial charge in [0.1, 0.15) is 6.61 Å². The van der Waals surface area contributed by atoms with Crippen molar-refractivity contribution in [2.75, 3.05) is 12.1 Å². The molecule has 3 aromatic rings. The average molecular weight is 412 g/mol. The highest BCUT2D eigenvalue weighted by molar-refractivity contribution is 6.32. The van der Waals surface area contributed by atoms with Crippen LogP contribution in [0.1, 0.15) is 23.6 Å². The van der Waals surface area contributed by atoms with Gasteiger partial charge < -0.3 is 9.47 Å². The molecule has 0 N–H and O–H groups in total. The lowest BCUT2D eigenvalue weighted by Gasteiger charge is -2.12. The lowest BCUT2D eigenvalue weighted by atomic mass is 10.1. The first-order chi connectivity index (χ1) is 15.0. The highest BCUT2D eigenvalue weighted by Gasteiger charge is 2.28. The van der Waals surface area contributed by atoms with E-state index in [1.165, 1.54) is 10.6 Å². The van der Waals surface area contributed by atoms with Crippen molar-refractivity contribution in [1.29, 1.82) is 0 Å². The zero-order valence-electron chi connectivity index (χ0n) is 17.8. The molecule has 4 rings (SSSR count). The molecule has 156 valence electrons. The lowest BCUT2D eigenvalue weighted by Crippen LogP contribution is -2.21. The Morgan fingerprint density at radius 2 is 1.68 bits per heavy atom. The van der Waals surface area contributed by atoms with Crippen molar-refractivity contribution in [2.45, 2.75) is 20.5 Å². The zero-order chi connectivity index (χ0) is 21.8. The van der Waals surface area contributed by atoms with Crippen LogP contribution in [0.3, 0.4) is 0 Å². The number of ether oxygens (including phenoxy) is 2. The number of nitrogens with zero attached hydrogens (tertiary/aromatic N) is 2. The number of methoxy groups -OCH3 is 1. The van der Waals surface area contributed by atoms with Gasteiger partial charge in [0, 0.05) is 0 Å². The maximum atomic E-state index is 12.9. The van der Waals surface area contributed by atoms with E-state index in [2.05, 4.69) is 24.2 Å². The molecule has 1 aliphatic rings. The predicted octanol–water partition coefficient (Wildman–Crippen LogP) is 5.39. The SMILES string of the molecule is COc1cc(/C=C2/C(=O)N(c3ccccc3)N=C2C)ccc1OCc1ccc(C)cc1. The molecule has 0 fully saturated rings. The van der Waals surface area contributed by atoms with Gasteiger partial charge in [-0.1, -0.05) is 54.1 Å². The number of carbonyl (C=O) groups is 1. The normalized spacial score (nSPS) is 14.7. The number of anilines is 1. The molecule has 0 bridgehead atoms. The van der Waals surface area contributed by atoms with Gasteiger partial charge in [-0.2, -0.15) is 10.1 Å². The van der Waals surface area contributed by atoms with E-state index in [1.807, 2.05) is 73.7 Å². The van der Waals surface area contributed by atoms with Crippen LogP contribution < -0.4 is 14.5 Å². The molecule has 0 atom stereocenters. The zero-order valence-corrected chi connectivity index (χ0v) is 17.8. The Hall–Kier alpha value is -3.86. The Morgan fingerprint density at radius 1 is 0.935 bits per heavy atom. The summed E-state index contributed by atoms with van der Waals surface area (Å²) in [6.07, 6.45) is 1.83. The van der Waals surface area contributed by atoms with Crippen LogP contribution in [-0.2, 0) is 11.4 Å². The van der Waals surface area contributed by atoms with Gasteiger partial charge in [0.25, 0.3) is 5.91 Å². The second kappa shape index (κ2) is 8.88. The van der Waals surface area contributed by atoms with Crippen LogP contribution in [0, 0.1) is 6.92 Å². The van der Waals surface area contributed by atoms with E-state index in [9.17, 15) is 4.79 Å². The van der Waals surface area contributed by atoms with Crippen molar-refractivity contribution in [3.63, 3.8) is 0 Å². The molecule has 31 heavy (non-hydrogen) atoms. The van der Waals surface area contributed by atoms with Gasteiger partial charge in [0.15, 0.2) is 11.5 Å². The van der Waals surface area contributed by atoms with E-state index in [1.54, 1.807) is 7.11 Å². The predicted molar refractivity (Wildman–Crippen MR) is 124 cm³/mol. The van der Waals surface area contributed by atoms with Crippen molar-refractivity contribution in [3.05, 3.63) is 95.1 Å². The number of aryl methyl sites for hydroxylation is 1. The molecular formula is C26H24N2O3. The Kier molecular flexibility index (Phi) is 5.85. The van der Waals surface area contributed by atoms with E-state index in [0.29, 0.717) is 29.4 Å². The molecule has 0 saturated heterocycles. The standard InChI is InChI=1S/C26H24N2O3/c1-18-9-11-20(12-10-18)17-31-24-14-13-21(16-25(24)30-3)15-23-19(2)27-28(26(23)29)22-7-5-4-6-8-22/h4-16H,17H2,1-3H3/b23-15+. The highest BCUT2D eigenvalue weighted by atomic mass is 16.5. The monoisotopic (exact) mass is 412 g/mol. The minimum atomic E-state index is -0.151. The number of para-hydroxylation sites is 1. The molecule has 0 aliphatic carbocycles. The smallest absolute Gasteiger partial charge is 0.280 e. The van der Waals surface area contributed by atoms with Crippen LogP contribution in [0.5, 0.6) is 11.5 Å². The quantitative estimate of drug-likeness (QED) is 0.510. The van der Waals surface area contributed by atoms with Crippen LogP contribution in [-0.4, -0.2) is 18.7 Å². The molecule has 0 saturated carbocycles. The molecule has 5 nitrogen and oxygen atoms in total. The summed E-state index contributed by atoms with van der Waals surface area (Å²) in [7, 11) is 1.61. The summed E-state index contributed by atoms with van der Waals surface area (Å²) in [5, 5.41) is 5.85. The number of benzene rings is 3. The summed E-state index contributed by atoms with van der Waals surface area (Å²) in [5.74, 6) is 1.11. The van der Waals surface area contributed by atoms with Crippen molar-refractivity contribution in [2.24, 2.45) is 5.10 Å². The molecule has 1 heterocycles. The number of hydrazone groups is 1. The Balaban J connectivity index is 1.53. The van der Waals surface area contributed by atoms with E-state index in [-0.39, 0.29) is 5.91 Å². The lowest BCUT2D eigenvalue weighted by molar-refractivity contribution is -0.114. The molecule has 0 spiro atoms. The van der Waals surface area contributed by atoms with E-state index in [4.69, 9.17) is 9.47 Å². The van der Waals surface area contributed by atoms with E-state index in [0.717, 1.165) is 16.8 Å². The average Bonchev–Trinajstić information content (AvgIpc) is 3.08. The second-order valence-corrected chi connectivity index (χ2v) is 7.38. The van der Waals surface area contributed by atoms with Crippen LogP contribution in [0.4, 0.5) is 5.69 Å². The molecule has 0 radical (unpaired) electrons. The maximum Gasteiger partial charge on any atom is 0.280 e. The topological polar surface area (TPSA) is 51.1 Å². The third kappa shape index (κ3) is 4.51. The van der Waals surface area contributed by atoms with Gasteiger partial charge in [-0.25, -0.2) is 0 Å². The van der Waals surface area contributed by atoms with Crippen molar-refractivity contribution in [3.8, 4) is 11.5 Å². The Bertz CT molecular complexity index is 1150. The molecule has 3 aromatic carbocycles. The summed E-state index contributed by atoms with van der Waals surface area (Å²) < 4.78 is 11.5. The fourth-order valence-electron chi connectivity index (χ4n) is 3.33. The number of hydrogen-bond donors (Lipinski definition) is 0. The Labute approximate surface area is 182 Å². The first kappa shape index (κ1) is 20.4. The number of hydrogen-bond acceptors (Lipinski definition) is 4. The van der Waals surface area contributed by atoms with Crippen LogP contribution in [0.15, 0.2) is 83.5 Å². The first-order valence-corrected chi connectivity index (χ1v) is 10.1. The third-order valence-electron chi connectivity index (χ3n) is 5.08. The summed E-state index contributed by atoms with van der Waals surface area (Å²) in [6.45, 7) is 4.35. The maximum absolute atomic E-state index is 12.9. The van der Waals surface area contributed by atoms with Gasteiger partial charge in [-0.3, -0.25) is 4.79 Å². The second-order valence-electron chi connectivity index (χ2n) is 7.38. The van der Waals surface area contributed by atoms with Crippen molar-refractivity contribution in [1.82, 2.24) is 0 Å². The fraction of sp³-hybridized carbons (Fsp3) is 0.154. The summed E-state index contributed by atoms with van der Waals surface area (Å²) in [6, 6.07) is 23.3. The first-order valence-electron chi connectivity index (χ1n) is 10.1. The minimum absolute atomic E-state index is 0.151. The van der Waals surface area contributed by atoms with Gasteiger partial charge in [0.2, 0.25) is 0 Å². The molecule has 0 aromatic heterocycles. The summed E-state index contributed by atoms with van der Waals surface area (Å²) in [5.41, 5.74) is 5.11. The van der Waals surface area contributed by atoms with Crippen LogP contribution in [0.25, 0.3) is 6.08 Å². The number of carbonyl (C=O) groups excluding carboxylic acids is 1. The van der Waals surface area contributed by atoms with E-state index < -0.39 is 0 Å². The number of rotatable bonds is 6. The largest absolute Gasteiger partial charge is 0.493 e. The molecule has 1 amide bonds. The minimum Gasteiger partial charge on any atom is -0.493 e. The molecule has 0 unspecified atom stereocenters. The van der Waals surface area contributed by atoms with Crippen LogP contribution >= 0.6 is 0 Å². The molecule has 5 heteroatoms. The van der Waals surface area contributed by atoms with Gasteiger partial charge in [0.05, 0.1) is 24.1 Å². The fourth-order valence-corrected chi connectivity index (χ4v) is 3.33. The third-order valence-corrected chi connectivity index (χ3v) is 5.08. The van der Waals surface area contributed by atoms with Crippen molar-refractivity contribution >= 4 is 23.4 Å². The van der Waals surface area contributed by atoms with Crippen LogP contribution in [0.2, 0.25) is 0 Å². The van der Waals surface area contributed by atoms with Crippen molar-refractivity contribution < 1.29 is 14.3 Å².